The number of halogens is 1. The molecular formula is C11H13FN2O2. The van der Waals surface area contributed by atoms with Crippen LogP contribution in [0.1, 0.15) is 12.0 Å². The van der Waals surface area contributed by atoms with Gasteiger partial charge < -0.3 is 5.32 Å². The second-order valence-corrected chi connectivity index (χ2v) is 3.29. The zero-order valence-electron chi connectivity index (χ0n) is 8.94. The van der Waals surface area contributed by atoms with E-state index in [1.807, 2.05) is 13.1 Å². The fourth-order valence-corrected chi connectivity index (χ4v) is 1.24. The summed E-state index contributed by atoms with van der Waals surface area (Å²) in [7, 11) is 1.83. The third-order valence-corrected chi connectivity index (χ3v) is 1.99. The Balaban J connectivity index is 2.80. The Kier molecular flexibility index (Phi) is 4.60. The maximum atomic E-state index is 13.0. The summed E-state index contributed by atoms with van der Waals surface area (Å²) in [4.78, 5) is 9.88. The average molecular weight is 224 g/mol. The number of nitrogens with zero attached hydrogens (tertiary/aromatic N) is 1. The van der Waals surface area contributed by atoms with Gasteiger partial charge in [0.1, 0.15) is 5.82 Å². The molecule has 0 aliphatic rings. The van der Waals surface area contributed by atoms with Gasteiger partial charge in [0.15, 0.2) is 0 Å². The second-order valence-electron chi connectivity index (χ2n) is 3.29. The standard InChI is InChI=1S/C11H13FN2O2/c1-13-5-3-2-4-9-6-10(12)8-11(7-9)14(15)16/h2,4,6-8,13H,3,5H2,1H3. The van der Waals surface area contributed by atoms with Crippen molar-refractivity contribution in [1.82, 2.24) is 5.32 Å². The summed E-state index contributed by atoms with van der Waals surface area (Å²) in [5.41, 5.74) is 0.274. The molecule has 1 aromatic carbocycles. The molecule has 0 fully saturated rings. The Labute approximate surface area is 92.9 Å². The summed E-state index contributed by atoms with van der Waals surface area (Å²) < 4.78 is 13.0. The summed E-state index contributed by atoms with van der Waals surface area (Å²) in [5, 5.41) is 13.4. The van der Waals surface area contributed by atoms with Crippen molar-refractivity contribution in [2.75, 3.05) is 13.6 Å². The smallest absolute Gasteiger partial charge is 0.272 e. The van der Waals surface area contributed by atoms with Crippen molar-refractivity contribution in [2.24, 2.45) is 0 Å². The zero-order valence-corrected chi connectivity index (χ0v) is 8.94. The van der Waals surface area contributed by atoms with Crippen LogP contribution in [0.4, 0.5) is 10.1 Å². The van der Waals surface area contributed by atoms with E-state index in [0.29, 0.717) is 5.56 Å². The fraction of sp³-hybridized carbons (Fsp3) is 0.273. The minimum Gasteiger partial charge on any atom is -0.319 e. The van der Waals surface area contributed by atoms with Gasteiger partial charge >= 0.3 is 0 Å². The molecule has 0 saturated carbocycles. The Bertz CT molecular complexity index is 405. The Morgan fingerprint density at radius 2 is 2.25 bits per heavy atom. The lowest BCUT2D eigenvalue weighted by Crippen LogP contribution is -2.05. The lowest BCUT2D eigenvalue weighted by Gasteiger charge is -1.96. The van der Waals surface area contributed by atoms with E-state index in [0.717, 1.165) is 19.0 Å². The zero-order chi connectivity index (χ0) is 12.0. The van der Waals surface area contributed by atoms with E-state index >= 15 is 0 Å². The van der Waals surface area contributed by atoms with Crippen molar-refractivity contribution in [2.45, 2.75) is 6.42 Å². The highest BCUT2D eigenvalue weighted by Crippen LogP contribution is 2.17. The number of nitro benzene ring substituents is 1. The molecule has 0 unspecified atom stereocenters. The van der Waals surface area contributed by atoms with Crippen molar-refractivity contribution >= 4 is 11.8 Å². The predicted octanol–water partition coefficient (Wildman–Crippen LogP) is 2.36. The van der Waals surface area contributed by atoms with Gasteiger partial charge in [0.25, 0.3) is 5.69 Å². The summed E-state index contributed by atoms with van der Waals surface area (Å²) in [6.45, 7) is 0.813. The number of rotatable bonds is 5. The molecule has 0 radical (unpaired) electrons. The van der Waals surface area contributed by atoms with Gasteiger partial charge in [0.05, 0.1) is 11.0 Å². The van der Waals surface area contributed by atoms with Gasteiger partial charge in [-0.3, -0.25) is 10.1 Å². The molecule has 0 amide bonds. The van der Waals surface area contributed by atoms with E-state index in [1.54, 1.807) is 6.08 Å². The van der Waals surface area contributed by atoms with Crippen LogP contribution in [-0.2, 0) is 0 Å². The number of non-ortho nitro benzene ring substituents is 1. The molecule has 0 saturated heterocycles. The summed E-state index contributed by atoms with van der Waals surface area (Å²) in [6.07, 6.45) is 4.31. The van der Waals surface area contributed by atoms with Crippen molar-refractivity contribution in [3.63, 3.8) is 0 Å². The van der Waals surface area contributed by atoms with Gasteiger partial charge in [-0.05, 0) is 31.6 Å². The first-order valence-corrected chi connectivity index (χ1v) is 4.89. The van der Waals surface area contributed by atoms with Gasteiger partial charge in [-0.25, -0.2) is 4.39 Å². The Morgan fingerprint density at radius 1 is 1.50 bits per heavy atom. The topological polar surface area (TPSA) is 55.2 Å². The summed E-state index contributed by atoms with van der Waals surface area (Å²) in [6, 6.07) is 3.52. The van der Waals surface area contributed by atoms with Crippen LogP contribution in [0.25, 0.3) is 6.08 Å². The molecule has 0 spiro atoms. The van der Waals surface area contributed by atoms with Crippen LogP contribution in [0, 0.1) is 15.9 Å². The van der Waals surface area contributed by atoms with Crippen LogP contribution in [0.15, 0.2) is 24.3 Å². The number of nitro groups is 1. The lowest BCUT2D eigenvalue weighted by atomic mass is 10.1. The Hall–Kier alpha value is -1.75. The molecule has 0 atom stereocenters. The van der Waals surface area contributed by atoms with Crippen LogP contribution >= 0.6 is 0 Å². The molecular weight excluding hydrogens is 211 g/mol. The molecule has 0 heterocycles. The molecule has 0 bridgehead atoms. The van der Waals surface area contributed by atoms with Crippen LogP contribution < -0.4 is 5.32 Å². The molecule has 5 heteroatoms. The molecule has 0 aliphatic carbocycles. The predicted molar refractivity (Wildman–Crippen MR) is 60.6 cm³/mol. The minimum atomic E-state index is -0.603. The molecule has 1 rings (SSSR count). The van der Waals surface area contributed by atoms with E-state index in [9.17, 15) is 14.5 Å². The number of benzene rings is 1. The van der Waals surface area contributed by atoms with Crippen LogP contribution in [0.3, 0.4) is 0 Å². The van der Waals surface area contributed by atoms with Crippen molar-refractivity contribution < 1.29 is 9.31 Å². The molecule has 16 heavy (non-hydrogen) atoms. The first kappa shape index (κ1) is 12.3. The van der Waals surface area contributed by atoms with Crippen molar-refractivity contribution in [3.8, 4) is 0 Å². The quantitative estimate of drug-likeness (QED) is 0.474. The van der Waals surface area contributed by atoms with E-state index in [-0.39, 0.29) is 5.69 Å². The lowest BCUT2D eigenvalue weighted by molar-refractivity contribution is -0.385. The Morgan fingerprint density at radius 3 is 2.88 bits per heavy atom. The second kappa shape index (κ2) is 5.97. The normalized spacial score (nSPS) is 10.9. The van der Waals surface area contributed by atoms with Crippen LogP contribution in [-0.4, -0.2) is 18.5 Å². The summed E-state index contributed by atoms with van der Waals surface area (Å²) in [5.74, 6) is -0.595. The van der Waals surface area contributed by atoms with E-state index in [4.69, 9.17) is 0 Å². The SMILES string of the molecule is CNCCC=Cc1cc(F)cc([N+](=O)[O-])c1. The van der Waals surface area contributed by atoms with Gasteiger partial charge in [-0.15, -0.1) is 0 Å². The first-order valence-electron chi connectivity index (χ1n) is 4.89. The van der Waals surface area contributed by atoms with E-state index in [1.165, 1.54) is 12.1 Å². The molecule has 1 N–H and O–H groups in total. The van der Waals surface area contributed by atoms with Crippen LogP contribution in [0.2, 0.25) is 0 Å². The maximum Gasteiger partial charge on any atom is 0.272 e. The van der Waals surface area contributed by atoms with Gasteiger partial charge in [0, 0.05) is 6.07 Å². The third-order valence-electron chi connectivity index (χ3n) is 1.99. The highest BCUT2D eigenvalue weighted by Gasteiger charge is 2.07. The molecule has 86 valence electrons. The number of hydrogen-bond acceptors (Lipinski definition) is 3. The van der Waals surface area contributed by atoms with E-state index < -0.39 is 10.7 Å². The first-order chi connectivity index (χ1) is 7.63. The van der Waals surface area contributed by atoms with Gasteiger partial charge in [-0.1, -0.05) is 12.2 Å². The monoisotopic (exact) mass is 224 g/mol. The third kappa shape index (κ3) is 3.78. The minimum absolute atomic E-state index is 0.228. The molecule has 0 aliphatic heterocycles. The number of nitrogens with one attached hydrogen (secondary N) is 1. The molecule has 1 aromatic rings. The molecule has 4 nitrogen and oxygen atoms in total. The number of hydrogen-bond donors (Lipinski definition) is 1. The van der Waals surface area contributed by atoms with Crippen LogP contribution in [0.5, 0.6) is 0 Å². The molecule has 0 aromatic heterocycles. The van der Waals surface area contributed by atoms with Crippen molar-refractivity contribution in [1.29, 1.82) is 0 Å². The fourth-order valence-electron chi connectivity index (χ4n) is 1.24. The maximum absolute atomic E-state index is 13.0. The van der Waals surface area contributed by atoms with Gasteiger partial charge in [0.2, 0.25) is 0 Å². The van der Waals surface area contributed by atoms with Gasteiger partial charge in [-0.2, -0.15) is 0 Å². The van der Waals surface area contributed by atoms with Crippen molar-refractivity contribution in [3.05, 3.63) is 45.8 Å². The summed E-state index contributed by atoms with van der Waals surface area (Å²) >= 11 is 0. The highest BCUT2D eigenvalue weighted by molar-refractivity contribution is 5.53. The van der Waals surface area contributed by atoms with E-state index in [2.05, 4.69) is 5.32 Å². The largest absolute Gasteiger partial charge is 0.319 e. The highest BCUT2D eigenvalue weighted by atomic mass is 19.1. The average Bonchev–Trinajstić information content (AvgIpc) is 2.23.